The summed E-state index contributed by atoms with van der Waals surface area (Å²) >= 11 is 5.60. The topological polar surface area (TPSA) is 71.5 Å². The Labute approximate surface area is 134 Å². The molecule has 2 aromatic rings. The Bertz CT molecular complexity index is 637. The number of halogens is 1. The summed E-state index contributed by atoms with van der Waals surface area (Å²) in [7, 11) is -0.868. The molecule has 1 aliphatic rings. The average Bonchev–Trinajstić information content (AvgIpc) is 2.49. The van der Waals surface area contributed by atoms with E-state index in [0.29, 0.717) is 18.7 Å². The molecule has 0 atom stereocenters. The smallest absolute Gasteiger partial charge is 0.423 e. The standard InChI is InChI=1S/C9H10BNO3.C6H6ClN/c12-6-11-8-2-1-7-3-4-14-10(13)9(7)5-8;1-5-4-6(7)2-3-8-5/h1-2,5-6,13H,3-4H2,(H,11,12);2-4H,1H3. The minimum Gasteiger partial charge on any atom is -0.423 e. The van der Waals surface area contributed by atoms with Gasteiger partial charge in [-0.05, 0) is 48.6 Å². The van der Waals surface area contributed by atoms with E-state index in [2.05, 4.69) is 10.3 Å². The zero-order valence-electron chi connectivity index (χ0n) is 12.1. The van der Waals surface area contributed by atoms with Crippen LogP contribution in [0.3, 0.4) is 0 Å². The molecule has 0 radical (unpaired) electrons. The Balaban J connectivity index is 0.000000188. The summed E-state index contributed by atoms with van der Waals surface area (Å²) in [5, 5.41) is 12.8. The van der Waals surface area contributed by atoms with Gasteiger partial charge in [0, 0.05) is 29.2 Å². The van der Waals surface area contributed by atoms with E-state index in [1.165, 1.54) is 0 Å². The monoisotopic (exact) mass is 318 g/mol. The zero-order valence-corrected chi connectivity index (χ0v) is 12.9. The first kappa shape index (κ1) is 16.5. The number of pyridine rings is 1. The summed E-state index contributed by atoms with van der Waals surface area (Å²) in [6, 6.07) is 9.02. The molecule has 0 aliphatic carbocycles. The lowest BCUT2D eigenvalue weighted by atomic mass is 9.73. The van der Waals surface area contributed by atoms with Gasteiger partial charge in [0.2, 0.25) is 6.41 Å². The number of anilines is 1. The van der Waals surface area contributed by atoms with Crippen molar-refractivity contribution in [1.82, 2.24) is 4.98 Å². The van der Waals surface area contributed by atoms with Crippen LogP contribution in [0.2, 0.25) is 5.02 Å². The molecule has 5 nitrogen and oxygen atoms in total. The van der Waals surface area contributed by atoms with Gasteiger partial charge in [-0.3, -0.25) is 9.78 Å². The van der Waals surface area contributed by atoms with Gasteiger partial charge in [0.25, 0.3) is 0 Å². The molecule has 3 rings (SSSR count). The molecule has 0 bridgehead atoms. The van der Waals surface area contributed by atoms with Crippen molar-refractivity contribution in [3.8, 4) is 0 Å². The van der Waals surface area contributed by atoms with Crippen LogP contribution in [-0.2, 0) is 15.9 Å². The van der Waals surface area contributed by atoms with Gasteiger partial charge in [-0.2, -0.15) is 0 Å². The maximum atomic E-state index is 10.2. The maximum Gasteiger partial charge on any atom is 0.491 e. The molecule has 114 valence electrons. The van der Waals surface area contributed by atoms with Crippen molar-refractivity contribution in [3.63, 3.8) is 0 Å². The molecule has 0 spiro atoms. The molecule has 1 aromatic carbocycles. The fourth-order valence-corrected chi connectivity index (χ4v) is 2.31. The van der Waals surface area contributed by atoms with Gasteiger partial charge in [-0.15, -0.1) is 0 Å². The van der Waals surface area contributed by atoms with Crippen LogP contribution in [0, 0.1) is 6.92 Å². The molecule has 2 heterocycles. The Morgan fingerprint density at radius 3 is 2.86 bits per heavy atom. The van der Waals surface area contributed by atoms with Crippen LogP contribution >= 0.6 is 11.6 Å². The fourth-order valence-electron chi connectivity index (χ4n) is 2.09. The first-order valence-electron chi connectivity index (χ1n) is 6.81. The van der Waals surface area contributed by atoms with Crippen LogP contribution in [0.4, 0.5) is 5.69 Å². The van der Waals surface area contributed by atoms with Crippen molar-refractivity contribution in [1.29, 1.82) is 0 Å². The Kier molecular flexibility index (Phi) is 5.95. The second-order valence-electron chi connectivity index (χ2n) is 4.76. The Morgan fingerprint density at radius 2 is 2.23 bits per heavy atom. The van der Waals surface area contributed by atoms with Gasteiger partial charge in [-0.1, -0.05) is 17.7 Å². The highest BCUT2D eigenvalue weighted by Crippen LogP contribution is 2.11. The summed E-state index contributed by atoms with van der Waals surface area (Å²) in [6.07, 6.45) is 3.10. The van der Waals surface area contributed by atoms with E-state index >= 15 is 0 Å². The number of rotatable bonds is 2. The molecule has 1 amide bonds. The molecule has 2 N–H and O–H groups in total. The lowest BCUT2D eigenvalue weighted by molar-refractivity contribution is -0.105. The number of hydrogen-bond donors (Lipinski definition) is 2. The number of aryl methyl sites for hydroxylation is 1. The van der Waals surface area contributed by atoms with Crippen LogP contribution in [0.1, 0.15) is 11.3 Å². The number of nitrogens with one attached hydrogen (secondary N) is 1. The van der Waals surface area contributed by atoms with Crippen LogP contribution in [-0.4, -0.2) is 30.1 Å². The number of carbonyl (C=O) groups excluding carboxylic acids is 1. The predicted octanol–water partition coefficient (Wildman–Crippen LogP) is 1.56. The highest BCUT2D eigenvalue weighted by molar-refractivity contribution is 6.61. The van der Waals surface area contributed by atoms with Gasteiger partial charge < -0.3 is 15.0 Å². The number of amides is 1. The SMILES string of the molecule is Cc1cc(Cl)ccn1.O=CNc1ccc2c(c1)B(O)OCC2. The van der Waals surface area contributed by atoms with Crippen LogP contribution in [0.5, 0.6) is 0 Å². The first-order valence-corrected chi connectivity index (χ1v) is 7.19. The molecule has 0 fully saturated rings. The molecule has 0 unspecified atom stereocenters. The third kappa shape index (κ3) is 4.56. The van der Waals surface area contributed by atoms with Gasteiger partial charge in [-0.25, -0.2) is 0 Å². The zero-order chi connectivity index (χ0) is 15.9. The normalized spacial score (nSPS) is 12.8. The van der Waals surface area contributed by atoms with Gasteiger partial charge >= 0.3 is 7.12 Å². The van der Waals surface area contributed by atoms with E-state index in [1.807, 2.05) is 25.1 Å². The number of benzene rings is 1. The van der Waals surface area contributed by atoms with Crippen molar-refractivity contribution < 1.29 is 14.5 Å². The van der Waals surface area contributed by atoms with Crippen molar-refractivity contribution >= 4 is 36.3 Å². The molecule has 1 aliphatic heterocycles. The van der Waals surface area contributed by atoms with Crippen LogP contribution in [0.25, 0.3) is 0 Å². The summed E-state index contributed by atoms with van der Waals surface area (Å²) in [4.78, 5) is 14.2. The van der Waals surface area contributed by atoms with E-state index in [0.717, 1.165) is 28.2 Å². The minimum absolute atomic E-state index is 0.536. The highest BCUT2D eigenvalue weighted by atomic mass is 35.5. The number of carbonyl (C=O) groups is 1. The molecule has 0 saturated heterocycles. The predicted molar refractivity (Wildman–Crippen MR) is 87.4 cm³/mol. The van der Waals surface area contributed by atoms with Crippen LogP contribution in [0.15, 0.2) is 36.5 Å². The molecule has 7 heteroatoms. The molecule has 1 aromatic heterocycles. The number of aromatic nitrogens is 1. The van der Waals surface area contributed by atoms with Gasteiger partial charge in [0.15, 0.2) is 0 Å². The lowest BCUT2D eigenvalue weighted by Crippen LogP contribution is -2.41. The third-order valence-corrected chi connectivity index (χ3v) is 3.38. The first-order chi connectivity index (χ1) is 10.6. The average molecular weight is 319 g/mol. The number of fused-ring (bicyclic) bond motifs is 1. The summed E-state index contributed by atoms with van der Waals surface area (Å²) in [6.45, 7) is 2.44. The van der Waals surface area contributed by atoms with Crippen molar-refractivity contribution in [2.45, 2.75) is 13.3 Å². The molecular formula is C15H16BClN2O3. The van der Waals surface area contributed by atoms with Crippen molar-refractivity contribution in [2.75, 3.05) is 11.9 Å². The molecule has 0 saturated carbocycles. The van der Waals surface area contributed by atoms with Gasteiger partial charge in [0.1, 0.15) is 0 Å². The van der Waals surface area contributed by atoms with Crippen LogP contribution < -0.4 is 10.8 Å². The Hall–Kier alpha value is -1.89. The quantitative estimate of drug-likeness (QED) is 0.651. The summed E-state index contributed by atoms with van der Waals surface area (Å²) < 4.78 is 5.08. The van der Waals surface area contributed by atoms with E-state index in [-0.39, 0.29) is 0 Å². The van der Waals surface area contributed by atoms with Crippen molar-refractivity contribution in [2.24, 2.45) is 0 Å². The van der Waals surface area contributed by atoms with Crippen molar-refractivity contribution in [3.05, 3.63) is 52.8 Å². The second kappa shape index (κ2) is 7.94. The van der Waals surface area contributed by atoms with E-state index in [4.69, 9.17) is 16.3 Å². The number of nitrogens with zero attached hydrogens (tertiary/aromatic N) is 1. The second-order valence-corrected chi connectivity index (χ2v) is 5.20. The largest absolute Gasteiger partial charge is 0.491 e. The number of hydrogen-bond acceptors (Lipinski definition) is 4. The van der Waals surface area contributed by atoms with E-state index in [1.54, 1.807) is 18.3 Å². The molecule has 22 heavy (non-hydrogen) atoms. The summed E-state index contributed by atoms with van der Waals surface area (Å²) in [5.41, 5.74) is 3.43. The summed E-state index contributed by atoms with van der Waals surface area (Å²) in [5.74, 6) is 0. The minimum atomic E-state index is -0.868. The lowest BCUT2D eigenvalue weighted by Gasteiger charge is -2.19. The van der Waals surface area contributed by atoms with E-state index in [9.17, 15) is 9.82 Å². The third-order valence-electron chi connectivity index (χ3n) is 3.14. The van der Waals surface area contributed by atoms with E-state index < -0.39 is 7.12 Å². The maximum absolute atomic E-state index is 10.2. The van der Waals surface area contributed by atoms with Gasteiger partial charge in [0.05, 0.1) is 0 Å². The fraction of sp³-hybridized carbons (Fsp3) is 0.200. The Morgan fingerprint density at radius 1 is 1.41 bits per heavy atom. The molecular weight excluding hydrogens is 302 g/mol. The highest BCUT2D eigenvalue weighted by Gasteiger charge is 2.24.